The molecule has 2 aromatic heterocycles. The number of para-hydroxylation sites is 1. The standard InChI is InChI=1S/C13H13N5OS/c1-18(13(19)9-6-11(14)17-16-9)7-12-15-8-4-2-3-5-10(8)20-12/h2-6H,7H2,1H3,(H3,14,16,17). The number of aromatic nitrogens is 3. The average molecular weight is 287 g/mol. The smallest absolute Gasteiger partial charge is 0.272 e. The van der Waals surface area contributed by atoms with Crippen LogP contribution in [0.2, 0.25) is 0 Å². The molecule has 0 aliphatic carbocycles. The van der Waals surface area contributed by atoms with Gasteiger partial charge in [0.2, 0.25) is 0 Å². The second-order valence-electron chi connectivity index (χ2n) is 4.44. The van der Waals surface area contributed by atoms with Gasteiger partial charge in [0.1, 0.15) is 16.5 Å². The van der Waals surface area contributed by atoms with Gasteiger partial charge in [-0.05, 0) is 12.1 Å². The minimum Gasteiger partial charge on any atom is -0.382 e. The number of aromatic amines is 1. The van der Waals surface area contributed by atoms with Gasteiger partial charge in [-0.25, -0.2) is 4.98 Å². The number of fused-ring (bicyclic) bond motifs is 1. The van der Waals surface area contributed by atoms with E-state index < -0.39 is 0 Å². The highest BCUT2D eigenvalue weighted by Gasteiger charge is 2.16. The Kier molecular flexibility index (Phi) is 3.11. The fourth-order valence-electron chi connectivity index (χ4n) is 1.91. The van der Waals surface area contributed by atoms with E-state index in [2.05, 4.69) is 15.2 Å². The Labute approximate surface area is 119 Å². The number of amides is 1. The van der Waals surface area contributed by atoms with Crippen molar-refractivity contribution in [3.05, 3.63) is 41.0 Å². The summed E-state index contributed by atoms with van der Waals surface area (Å²) in [6.45, 7) is 0.455. The van der Waals surface area contributed by atoms with E-state index in [1.165, 1.54) is 6.07 Å². The van der Waals surface area contributed by atoms with Gasteiger partial charge in [0.15, 0.2) is 0 Å². The Bertz CT molecular complexity index is 730. The fraction of sp³-hybridized carbons (Fsp3) is 0.154. The first-order chi connectivity index (χ1) is 9.63. The largest absolute Gasteiger partial charge is 0.382 e. The summed E-state index contributed by atoms with van der Waals surface area (Å²) in [5, 5.41) is 7.27. The minimum absolute atomic E-state index is 0.159. The fourth-order valence-corrected chi connectivity index (χ4v) is 2.94. The minimum atomic E-state index is -0.159. The molecule has 0 spiro atoms. The number of nitrogens with one attached hydrogen (secondary N) is 1. The lowest BCUT2D eigenvalue weighted by Crippen LogP contribution is -2.26. The molecule has 0 saturated heterocycles. The van der Waals surface area contributed by atoms with Gasteiger partial charge < -0.3 is 10.6 Å². The summed E-state index contributed by atoms with van der Waals surface area (Å²) in [5.41, 5.74) is 6.83. The van der Waals surface area contributed by atoms with Crippen LogP contribution in [0.15, 0.2) is 30.3 Å². The van der Waals surface area contributed by atoms with Gasteiger partial charge >= 0.3 is 0 Å². The number of carbonyl (C=O) groups is 1. The molecule has 0 aliphatic heterocycles. The lowest BCUT2D eigenvalue weighted by Gasteiger charge is -2.13. The van der Waals surface area contributed by atoms with Crippen LogP contribution in [-0.2, 0) is 6.54 Å². The quantitative estimate of drug-likeness (QED) is 0.769. The van der Waals surface area contributed by atoms with Gasteiger partial charge in [0.05, 0.1) is 16.8 Å². The number of hydrogen-bond acceptors (Lipinski definition) is 5. The Morgan fingerprint density at radius 2 is 2.25 bits per heavy atom. The normalized spacial score (nSPS) is 10.8. The first-order valence-corrected chi connectivity index (χ1v) is 6.86. The molecule has 0 radical (unpaired) electrons. The summed E-state index contributed by atoms with van der Waals surface area (Å²) >= 11 is 1.59. The molecule has 1 amide bonds. The number of carbonyl (C=O) groups excluding carboxylic acids is 1. The molecule has 3 N–H and O–H groups in total. The van der Waals surface area contributed by atoms with Crippen LogP contribution < -0.4 is 5.73 Å². The number of nitrogens with zero attached hydrogens (tertiary/aromatic N) is 3. The first-order valence-electron chi connectivity index (χ1n) is 6.04. The number of nitrogen functional groups attached to an aromatic ring is 1. The molecule has 0 saturated carbocycles. The summed E-state index contributed by atoms with van der Waals surface area (Å²) in [4.78, 5) is 18.2. The second-order valence-corrected chi connectivity index (χ2v) is 5.56. The van der Waals surface area contributed by atoms with Crippen molar-refractivity contribution in [3.63, 3.8) is 0 Å². The van der Waals surface area contributed by atoms with Gasteiger partial charge in [0.25, 0.3) is 5.91 Å². The molecular weight excluding hydrogens is 274 g/mol. The lowest BCUT2D eigenvalue weighted by molar-refractivity contribution is 0.0779. The van der Waals surface area contributed by atoms with Crippen LogP contribution in [0, 0.1) is 0 Å². The predicted molar refractivity (Wildman–Crippen MR) is 78.4 cm³/mol. The zero-order chi connectivity index (χ0) is 14.1. The molecule has 6 nitrogen and oxygen atoms in total. The lowest BCUT2D eigenvalue weighted by atomic mass is 10.3. The molecule has 0 atom stereocenters. The van der Waals surface area contributed by atoms with Crippen LogP contribution in [0.3, 0.4) is 0 Å². The van der Waals surface area contributed by atoms with Crippen molar-refractivity contribution in [2.24, 2.45) is 0 Å². The van der Waals surface area contributed by atoms with Crippen molar-refractivity contribution in [1.29, 1.82) is 0 Å². The highest BCUT2D eigenvalue weighted by molar-refractivity contribution is 7.18. The average Bonchev–Trinajstić information content (AvgIpc) is 3.03. The second kappa shape index (κ2) is 4.93. The molecule has 0 fully saturated rings. The molecule has 7 heteroatoms. The van der Waals surface area contributed by atoms with Gasteiger partial charge in [-0.3, -0.25) is 9.89 Å². The zero-order valence-electron chi connectivity index (χ0n) is 10.8. The van der Waals surface area contributed by atoms with Crippen LogP contribution in [0.4, 0.5) is 5.82 Å². The van der Waals surface area contributed by atoms with Crippen LogP contribution in [0.5, 0.6) is 0 Å². The number of benzene rings is 1. The van der Waals surface area contributed by atoms with Crippen molar-refractivity contribution >= 4 is 33.3 Å². The molecule has 0 aliphatic rings. The molecule has 3 rings (SSSR count). The summed E-state index contributed by atoms with van der Waals surface area (Å²) in [7, 11) is 1.73. The number of anilines is 1. The van der Waals surface area contributed by atoms with Gasteiger partial charge in [-0.1, -0.05) is 12.1 Å². The van der Waals surface area contributed by atoms with E-state index in [0.29, 0.717) is 18.1 Å². The summed E-state index contributed by atoms with van der Waals surface area (Å²) in [6.07, 6.45) is 0. The third-order valence-electron chi connectivity index (χ3n) is 2.89. The van der Waals surface area contributed by atoms with E-state index >= 15 is 0 Å². The summed E-state index contributed by atoms with van der Waals surface area (Å²) in [5.74, 6) is 0.148. The maximum Gasteiger partial charge on any atom is 0.272 e. The Morgan fingerprint density at radius 3 is 2.95 bits per heavy atom. The van der Waals surface area contributed by atoms with E-state index in [-0.39, 0.29) is 5.91 Å². The number of rotatable bonds is 3. The third-order valence-corrected chi connectivity index (χ3v) is 3.91. The number of hydrogen-bond donors (Lipinski definition) is 2. The third kappa shape index (κ3) is 2.35. The molecular formula is C13H13N5OS. The maximum absolute atomic E-state index is 12.2. The molecule has 0 bridgehead atoms. The van der Waals surface area contributed by atoms with Gasteiger partial charge in [0, 0.05) is 13.1 Å². The Balaban J connectivity index is 1.78. The van der Waals surface area contributed by atoms with Crippen LogP contribution in [-0.4, -0.2) is 33.0 Å². The van der Waals surface area contributed by atoms with E-state index in [9.17, 15) is 4.79 Å². The molecule has 3 aromatic rings. The van der Waals surface area contributed by atoms with Gasteiger partial charge in [-0.15, -0.1) is 11.3 Å². The SMILES string of the molecule is CN(Cc1nc2ccccc2s1)C(=O)c1cc(N)n[nH]1. The number of H-pyrrole nitrogens is 1. The molecule has 20 heavy (non-hydrogen) atoms. The molecule has 2 heterocycles. The van der Waals surface area contributed by atoms with E-state index in [0.717, 1.165) is 15.2 Å². The van der Waals surface area contributed by atoms with Gasteiger partial charge in [-0.2, -0.15) is 5.10 Å². The Hall–Kier alpha value is -2.41. The Morgan fingerprint density at radius 1 is 1.45 bits per heavy atom. The zero-order valence-corrected chi connectivity index (χ0v) is 11.6. The van der Waals surface area contributed by atoms with E-state index in [4.69, 9.17) is 5.73 Å². The first kappa shape index (κ1) is 12.6. The predicted octanol–water partition coefficient (Wildman–Crippen LogP) is 1.87. The van der Waals surface area contributed by atoms with Crippen molar-refractivity contribution < 1.29 is 4.79 Å². The maximum atomic E-state index is 12.2. The van der Waals surface area contributed by atoms with Crippen LogP contribution in [0.1, 0.15) is 15.5 Å². The van der Waals surface area contributed by atoms with Crippen molar-refractivity contribution in [2.45, 2.75) is 6.54 Å². The highest BCUT2D eigenvalue weighted by Crippen LogP contribution is 2.22. The molecule has 1 aromatic carbocycles. The number of nitrogens with two attached hydrogens (primary N) is 1. The molecule has 0 unspecified atom stereocenters. The van der Waals surface area contributed by atoms with E-state index in [1.807, 2.05) is 24.3 Å². The molecule has 102 valence electrons. The van der Waals surface area contributed by atoms with Crippen molar-refractivity contribution in [3.8, 4) is 0 Å². The van der Waals surface area contributed by atoms with E-state index in [1.54, 1.807) is 23.3 Å². The highest BCUT2D eigenvalue weighted by atomic mass is 32.1. The van der Waals surface area contributed by atoms with Crippen molar-refractivity contribution in [1.82, 2.24) is 20.1 Å². The monoisotopic (exact) mass is 287 g/mol. The summed E-state index contributed by atoms with van der Waals surface area (Å²) < 4.78 is 1.12. The van der Waals surface area contributed by atoms with Crippen molar-refractivity contribution in [2.75, 3.05) is 12.8 Å². The summed E-state index contributed by atoms with van der Waals surface area (Å²) in [6, 6.07) is 9.44. The number of thiazole rings is 1. The topological polar surface area (TPSA) is 87.9 Å². The van der Waals surface area contributed by atoms with Crippen LogP contribution in [0.25, 0.3) is 10.2 Å². The van der Waals surface area contributed by atoms with Crippen LogP contribution >= 0.6 is 11.3 Å².